The van der Waals surface area contributed by atoms with E-state index in [0.29, 0.717) is 23.8 Å². The molecule has 0 aliphatic rings. The van der Waals surface area contributed by atoms with Gasteiger partial charge in [0, 0.05) is 18.9 Å². The van der Waals surface area contributed by atoms with Crippen LogP contribution in [0.25, 0.3) is 11.3 Å². The van der Waals surface area contributed by atoms with Crippen molar-refractivity contribution in [3.63, 3.8) is 0 Å². The summed E-state index contributed by atoms with van der Waals surface area (Å²) >= 11 is 0. The lowest BCUT2D eigenvalue weighted by Crippen LogP contribution is -2.19. The second-order valence-electron chi connectivity index (χ2n) is 3.66. The van der Waals surface area contributed by atoms with Gasteiger partial charge < -0.3 is 0 Å². The van der Waals surface area contributed by atoms with E-state index in [4.69, 9.17) is 0 Å². The van der Waals surface area contributed by atoms with Crippen LogP contribution >= 0.6 is 0 Å². The van der Waals surface area contributed by atoms with Crippen LogP contribution in [-0.4, -0.2) is 19.5 Å². The fourth-order valence-electron chi connectivity index (χ4n) is 1.42. The van der Waals surface area contributed by atoms with Crippen LogP contribution in [0.2, 0.25) is 0 Å². The monoisotopic (exact) mass is 192 g/mol. The van der Waals surface area contributed by atoms with Crippen LogP contribution in [0.3, 0.4) is 0 Å². The minimum Gasteiger partial charge on any atom is -0.289 e. The summed E-state index contributed by atoms with van der Waals surface area (Å²) in [5, 5.41) is 0. The molecule has 5 heteroatoms. The molecule has 2 rings (SSSR count). The van der Waals surface area contributed by atoms with Crippen molar-refractivity contribution in [1.82, 2.24) is 19.5 Å². The van der Waals surface area contributed by atoms with Crippen molar-refractivity contribution in [1.29, 1.82) is 0 Å². The lowest BCUT2D eigenvalue weighted by molar-refractivity contribution is 0.520. The molecular formula is C9H12N4O. The van der Waals surface area contributed by atoms with Gasteiger partial charge in [-0.1, -0.05) is 13.8 Å². The van der Waals surface area contributed by atoms with Gasteiger partial charge in [-0.2, -0.15) is 0 Å². The fraction of sp³-hybridized carbons (Fsp3) is 0.444. The van der Waals surface area contributed by atoms with Crippen LogP contribution in [0, 0.1) is 5.92 Å². The highest BCUT2D eigenvalue weighted by Crippen LogP contribution is 2.04. The Morgan fingerprint density at radius 1 is 1.43 bits per heavy atom. The summed E-state index contributed by atoms with van der Waals surface area (Å²) < 4.78 is 1.62. The minimum atomic E-state index is -0.139. The lowest BCUT2D eigenvalue weighted by Gasteiger charge is -2.04. The zero-order chi connectivity index (χ0) is 10.1. The second-order valence-corrected chi connectivity index (χ2v) is 3.66. The number of nitrogens with zero attached hydrogens (tertiary/aromatic N) is 3. The van der Waals surface area contributed by atoms with Crippen molar-refractivity contribution in [2.24, 2.45) is 5.92 Å². The highest BCUT2D eigenvalue weighted by Gasteiger charge is 2.08. The Hall–Kier alpha value is -1.65. The maximum Gasteiger partial charge on any atom is 0.328 e. The Morgan fingerprint density at radius 2 is 2.14 bits per heavy atom. The topological polar surface area (TPSA) is 63.6 Å². The van der Waals surface area contributed by atoms with Gasteiger partial charge in [0.25, 0.3) is 0 Å². The third-order valence-electron chi connectivity index (χ3n) is 1.95. The van der Waals surface area contributed by atoms with Crippen molar-refractivity contribution in [2.45, 2.75) is 20.4 Å². The average Bonchev–Trinajstić information content (AvgIpc) is 2.43. The molecule has 0 fully saturated rings. The van der Waals surface area contributed by atoms with Gasteiger partial charge in [0.1, 0.15) is 0 Å². The maximum absolute atomic E-state index is 11.5. The number of aromatic amines is 1. The standard InChI is InChI=1S/C9H12N4O/c1-6(2)5-13-8-7(12-9(13)14)10-3-4-11-8/h3-4,6H,5H2,1-2H3,(H,10,12,14). The summed E-state index contributed by atoms with van der Waals surface area (Å²) in [5.74, 6) is 0.411. The Kier molecular flexibility index (Phi) is 2.07. The van der Waals surface area contributed by atoms with Crippen molar-refractivity contribution in [2.75, 3.05) is 0 Å². The molecule has 0 radical (unpaired) electrons. The van der Waals surface area contributed by atoms with Crippen LogP contribution in [0.5, 0.6) is 0 Å². The second kappa shape index (κ2) is 3.25. The number of hydrogen-bond donors (Lipinski definition) is 1. The van der Waals surface area contributed by atoms with Crippen LogP contribution in [-0.2, 0) is 6.54 Å². The van der Waals surface area contributed by atoms with E-state index in [9.17, 15) is 4.79 Å². The van der Waals surface area contributed by atoms with E-state index in [2.05, 4.69) is 28.8 Å². The van der Waals surface area contributed by atoms with Gasteiger partial charge in [0.15, 0.2) is 11.3 Å². The number of nitrogens with one attached hydrogen (secondary N) is 1. The van der Waals surface area contributed by atoms with Gasteiger partial charge in [-0.15, -0.1) is 0 Å². The molecule has 74 valence electrons. The van der Waals surface area contributed by atoms with E-state index >= 15 is 0 Å². The number of imidazole rings is 1. The molecule has 2 aromatic heterocycles. The first-order valence-corrected chi connectivity index (χ1v) is 4.58. The number of aromatic nitrogens is 4. The predicted octanol–water partition coefficient (Wildman–Crippen LogP) is 0.776. The first kappa shape index (κ1) is 8.93. The summed E-state index contributed by atoms with van der Waals surface area (Å²) in [7, 11) is 0. The van der Waals surface area contributed by atoms with E-state index in [0.717, 1.165) is 0 Å². The molecule has 2 aromatic rings. The zero-order valence-corrected chi connectivity index (χ0v) is 8.19. The van der Waals surface area contributed by atoms with Crippen molar-refractivity contribution in [3.8, 4) is 0 Å². The molecule has 0 aliphatic carbocycles. The van der Waals surface area contributed by atoms with Gasteiger partial charge in [-0.3, -0.25) is 9.55 Å². The Labute approximate surface area is 80.8 Å². The van der Waals surface area contributed by atoms with Gasteiger partial charge in [0.2, 0.25) is 0 Å². The van der Waals surface area contributed by atoms with Crippen LogP contribution in [0.15, 0.2) is 17.2 Å². The third-order valence-corrected chi connectivity index (χ3v) is 1.95. The fourth-order valence-corrected chi connectivity index (χ4v) is 1.42. The summed E-state index contributed by atoms with van der Waals surface area (Å²) in [6.45, 7) is 4.78. The predicted molar refractivity (Wildman–Crippen MR) is 53.0 cm³/mol. The highest BCUT2D eigenvalue weighted by molar-refractivity contribution is 5.64. The zero-order valence-electron chi connectivity index (χ0n) is 8.19. The van der Waals surface area contributed by atoms with Gasteiger partial charge >= 0.3 is 5.69 Å². The highest BCUT2D eigenvalue weighted by atomic mass is 16.1. The molecule has 2 heterocycles. The first-order valence-electron chi connectivity index (χ1n) is 4.58. The van der Waals surface area contributed by atoms with E-state index in [1.807, 2.05) is 0 Å². The summed E-state index contributed by atoms with van der Waals surface area (Å²) in [6, 6.07) is 0. The van der Waals surface area contributed by atoms with E-state index < -0.39 is 0 Å². The molecule has 5 nitrogen and oxygen atoms in total. The van der Waals surface area contributed by atoms with Crippen LogP contribution in [0.1, 0.15) is 13.8 Å². The third kappa shape index (κ3) is 1.41. The molecule has 0 amide bonds. The van der Waals surface area contributed by atoms with Crippen LogP contribution < -0.4 is 5.69 Å². The van der Waals surface area contributed by atoms with Crippen molar-refractivity contribution in [3.05, 3.63) is 22.9 Å². The number of rotatable bonds is 2. The molecule has 1 N–H and O–H groups in total. The smallest absolute Gasteiger partial charge is 0.289 e. The first-order chi connectivity index (χ1) is 6.68. The SMILES string of the molecule is CC(C)Cn1c(=O)[nH]c2nccnc21. The largest absolute Gasteiger partial charge is 0.328 e. The van der Waals surface area contributed by atoms with E-state index in [1.54, 1.807) is 17.0 Å². The molecule has 0 aliphatic heterocycles. The normalized spacial score (nSPS) is 11.4. The molecule has 0 unspecified atom stereocenters. The van der Waals surface area contributed by atoms with Gasteiger partial charge in [-0.25, -0.2) is 14.8 Å². The number of H-pyrrole nitrogens is 1. The molecule has 14 heavy (non-hydrogen) atoms. The summed E-state index contributed by atoms with van der Waals surface area (Å²) in [5.41, 5.74) is 1.05. The molecule has 0 saturated heterocycles. The molecular weight excluding hydrogens is 180 g/mol. The molecule has 0 atom stereocenters. The van der Waals surface area contributed by atoms with Crippen molar-refractivity contribution < 1.29 is 0 Å². The average molecular weight is 192 g/mol. The van der Waals surface area contributed by atoms with E-state index in [-0.39, 0.29) is 5.69 Å². The maximum atomic E-state index is 11.5. The summed E-state index contributed by atoms with van der Waals surface area (Å²) in [4.78, 5) is 22.3. The molecule has 0 bridgehead atoms. The molecule has 0 spiro atoms. The molecule has 0 saturated carbocycles. The Balaban J connectivity index is 2.62. The minimum absolute atomic E-state index is 0.139. The number of fused-ring (bicyclic) bond motifs is 1. The number of hydrogen-bond acceptors (Lipinski definition) is 3. The lowest BCUT2D eigenvalue weighted by atomic mass is 10.2. The van der Waals surface area contributed by atoms with Gasteiger partial charge in [-0.05, 0) is 5.92 Å². The van der Waals surface area contributed by atoms with Crippen LogP contribution in [0.4, 0.5) is 0 Å². The van der Waals surface area contributed by atoms with Gasteiger partial charge in [0.05, 0.1) is 0 Å². The Bertz CT molecular complexity index is 497. The quantitative estimate of drug-likeness (QED) is 0.764. The van der Waals surface area contributed by atoms with Crippen molar-refractivity contribution >= 4 is 11.3 Å². The summed E-state index contributed by atoms with van der Waals surface area (Å²) in [6.07, 6.45) is 3.16. The molecule has 0 aromatic carbocycles. The Morgan fingerprint density at radius 3 is 2.86 bits per heavy atom. The van der Waals surface area contributed by atoms with E-state index in [1.165, 1.54) is 0 Å².